The first-order valence-corrected chi connectivity index (χ1v) is 5.57. The second-order valence-electron chi connectivity index (χ2n) is 4.23. The van der Waals surface area contributed by atoms with E-state index in [9.17, 15) is 9.59 Å². The Kier molecular flexibility index (Phi) is 2.96. The number of rotatable bonds is 6. The second kappa shape index (κ2) is 4.25. The molecule has 2 aliphatic rings. The SMILES string of the molecule is NC(=O)CCCCCN1C(=O)C=CC12CO2. The van der Waals surface area contributed by atoms with E-state index in [1.54, 1.807) is 11.0 Å². The normalized spacial score (nSPS) is 26.8. The third-order valence-corrected chi connectivity index (χ3v) is 2.95. The number of amides is 2. The fourth-order valence-electron chi connectivity index (χ4n) is 1.94. The third kappa shape index (κ3) is 2.24. The maximum Gasteiger partial charge on any atom is 0.248 e. The van der Waals surface area contributed by atoms with E-state index in [-0.39, 0.29) is 11.8 Å². The van der Waals surface area contributed by atoms with Crippen LogP contribution in [-0.4, -0.2) is 35.6 Å². The van der Waals surface area contributed by atoms with Crippen molar-refractivity contribution < 1.29 is 14.3 Å². The minimum absolute atomic E-state index is 0.0207. The van der Waals surface area contributed by atoms with E-state index in [0.717, 1.165) is 19.3 Å². The van der Waals surface area contributed by atoms with Crippen LogP contribution in [0.3, 0.4) is 0 Å². The number of nitrogens with two attached hydrogens (primary N) is 1. The summed E-state index contributed by atoms with van der Waals surface area (Å²) in [4.78, 5) is 23.7. The van der Waals surface area contributed by atoms with E-state index in [0.29, 0.717) is 19.6 Å². The maximum atomic E-state index is 11.5. The van der Waals surface area contributed by atoms with Crippen LogP contribution in [0.15, 0.2) is 12.2 Å². The molecule has 16 heavy (non-hydrogen) atoms. The molecule has 2 rings (SSSR count). The van der Waals surface area contributed by atoms with Crippen molar-refractivity contribution in [1.82, 2.24) is 4.90 Å². The number of hydrogen-bond donors (Lipinski definition) is 1. The molecule has 2 heterocycles. The largest absolute Gasteiger partial charge is 0.370 e. The maximum absolute atomic E-state index is 11.5. The Labute approximate surface area is 94.2 Å². The van der Waals surface area contributed by atoms with Gasteiger partial charge in [-0.25, -0.2) is 0 Å². The second-order valence-corrected chi connectivity index (χ2v) is 4.23. The summed E-state index contributed by atoms with van der Waals surface area (Å²) in [6.07, 6.45) is 6.39. The van der Waals surface area contributed by atoms with Gasteiger partial charge in [0.1, 0.15) is 6.61 Å². The monoisotopic (exact) mass is 224 g/mol. The molecule has 1 saturated heterocycles. The van der Waals surface area contributed by atoms with Crippen LogP contribution in [0, 0.1) is 0 Å². The number of carbonyl (C=O) groups excluding carboxylic acids is 2. The molecular formula is C11H16N2O3. The molecular weight excluding hydrogens is 208 g/mol. The van der Waals surface area contributed by atoms with Gasteiger partial charge >= 0.3 is 0 Å². The summed E-state index contributed by atoms with van der Waals surface area (Å²) in [6, 6.07) is 0. The predicted molar refractivity (Wildman–Crippen MR) is 57.2 cm³/mol. The van der Waals surface area contributed by atoms with Crippen LogP contribution in [-0.2, 0) is 14.3 Å². The summed E-state index contributed by atoms with van der Waals surface area (Å²) in [5, 5.41) is 0. The molecule has 1 fully saturated rings. The van der Waals surface area contributed by atoms with Gasteiger partial charge in [0.2, 0.25) is 11.8 Å². The molecule has 0 aromatic carbocycles. The van der Waals surface area contributed by atoms with Gasteiger partial charge in [0.05, 0.1) is 0 Å². The molecule has 0 aromatic rings. The zero-order valence-corrected chi connectivity index (χ0v) is 9.15. The van der Waals surface area contributed by atoms with Gasteiger partial charge in [0, 0.05) is 19.0 Å². The zero-order valence-electron chi connectivity index (χ0n) is 9.15. The summed E-state index contributed by atoms with van der Waals surface area (Å²) in [5.41, 5.74) is 4.62. The first-order valence-electron chi connectivity index (χ1n) is 5.57. The highest BCUT2D eigenvalue weighted by atomic mass is 16.6. The number of nitrogens with zero attached hydrogens (tertiary/aromatic N) is 1. The number of ether oxygens (including phenoxy) is 1. The fraction of sp³-hybridized carbons (Fsp3) is 0.636. The minimum Gasteiger partial charge on any atom is -0.370 e. The van der Waals surface area contributed by atoms with E-state index in [2.05, 4.69) is 0 Å². The molecule has 0 saturated carbocycles. The van der Waals surface area contributed by atoms with Crippen molar-refractivity contribution in [2.24, 2.45) is 5.73 Å². The van der Waals surface area contributed by atoms with Gasteiger partial charge in [-0.15, -0.1) is 0 Å². The van der Waals surface area contributed by atoms with Gasteiger partial charge in [-0.2, -0.15) is 0 Å². The Morgan fingerprint density at radius 3 is 2.88 bits per heavy atom. The predicted octanol–water partition coefficient (Wildman–Crippen LogP) is 0.157. The Bertz CT molecular complexity index is 334. The van der Waals surface area contributed by atoms with Gasteiger partial charge in [0.15, 0.2) is 5.72 Å². The van der Waals surface area contributed by atoms with Crippen LogP contribution < -0.4 is 5.73 Å². The van der Waals surface area contributed by atoms with Gasteiger partial charge < -0.3 is 15.4 Å². The van der Waals surface area contributed by atoms with Gasteiger partial charge in [-0.05, 0) is 18.9 Å². The molecule has 5 nitrogen and oxygen atoms in total. The number of hydrogen-bond acceptors (Lipinski definition) is 3. The lowest BCUT2D eigenvalue weighted by atomic mass is 10.1. The minimum atomic E-state index is -0.416. The Morgan fingerprint density at radius 1 is 1.50 bits per heavy atom. The van der Waals surface area contributed by atoms with Crippen molar-refractivity contribution >= 4 is 11.8 Å². The lowest BCUT2D eigenvalue weighted by Crippen LogP contribution is -2.37. The smallest absolute Gasteiger partial charge is 0.248 e. The van der Waals surface area contributed by atoms with E-state index in [1.165, 1.54) is 0 Å². The van der Waals surface area contributed by atoms with Crippen LogP contribution >= 0.6 is 0 Å². The van der Waals surface area contributed by atoms with Crippen LogP contribution in [0.4, 0.5) is 0 Å². The first-order chi connectivity index (χ1) is 7.64. The molecule has 1 unspecified atom stereocenters. The van der Waals surface area contributed by atoms with E-state index in [1.807, 2.05) is 6.08 Å². The highest BCUT2D eigenvalue weighted by molar-refractivity contribution is 5.91. The molecule has 0 bridgehead atoms. The van der Waals surface area contributed by atoms with E-state index in [4.69, 9.17) is 10.5 Å². The molecule has 0 aliphatic carbocycles. The molecule has 0 aromatic heterocycles. The quantitative estimate of drug-likeness (QED) is 0.515. The average Bonchev–Trinajstić information content (AvgIpc) is 2.94. The lowest BCUT2D eigenvalue weighted by molar-refractivity contribution is -0.128. The van der Waals surface area contributed by atoms with Crippen LogP contribution in [0.2, 0.25) is 0 Å². The first kappa shape index (κ1) is 11.1. The summed E-state index contributed by atoms with van der Waals surface area (Å²) in [5.74, 6) is -0.242. The fourth-order valence-corrected chi connectivity index (χ4v) is 1.94. The van der Waals surface area contributed by atoms with Gasteiger partial charge in [-0.1, -0.05) is 6.42 Å². The van der Waals surface area contributed by atoms with Crippen LogP contribution in [0.5, 0.6) is 0 Å². The van der Waals surface area contributed by atoms with Crippen molar-refractivity contribution in [3.8, 4) is 0 Å². The number of carbonyl (C=O) groups is 2. The Balaban J connectivity index is 1.67. The zero-order chi connectivity index (χ0) is 11.6. The summed E-state index contributed by atoms with van der Waals surface area (Å²) < 4.78 is 5.28. The number of epoxide rings is 1. The van der Waals surface area contributed by atoms with Crippen molar-refractivity contribution in [2.75, 3.05) is 13.2 Å². The highest BCUT2D eigenvalue weighted by Gasteiger charge is 2.52. The highest BCUT2D eigenvalue weighted by Crippen LogP contribution is 2.37. The molecule has 2 amide bonds. The van der Waals surface area contributed by atoms with Gasteiger partial charge in [-0.3, -0.25) is 9.59 Å². The molecule has 5 heteroatoms. The summed E-state index contributed by atoms with van der Waals surface area (Å²) >= 11 is 0. The van der Waals surface area contributed by atoms with Crippen molar-refractivity contribution in [2.45, 2.75) is 31.4 Å². The molecule has 88 valence electrons. The Hall–Kier alpha value is -1.36. The van der Waals surface area contributed by atoms with Gasteiger partial charge in [0.25, 0.3) is 0 Å². The standard InChI is InChI=1S/C11H16N2O3/c12-9(14)4-2-1-3-7-13-10(15)5-6-11(13)8-16-11/h5-6H,1-4,7-8H2,(H2,12,14). The number of unbranched alkanes of at least 4 members (excludes halogenated alkanes) is 2. The molecule has 1 spiro atoms. The topological polar surface area (TPSA) is 75.9 Å². The van der Waals surface area contributed by atoms with Crippen LogP contribution in [0.1, 0.15) is 25.7 Å². The van der Waals surface area contributed by atoms with E-state index < -0.39 is 5.72 Å². The lowest BCUT2D eigenvalue weighted by Gasteiger charge is -2.21. The third-order valence-electron chi connectivity index (χ3n) is 2.95. The van der Waals surface area contributed by atoms with Crippen molar-refractivity contribution in [3.63, 3.8) is 0 Å². The number of primary amides is 1. The molecule has 0 radical (unpaired) electrons. The average molecular weight is 224 g/mol. The van der Waals surface area contributed by atoms with Crippen molar-refractivity contribution in [1.29, 1.82) is 0 Å². The molecule has 2 aliphatic heterocycles. The molecule has 1 atom stereocenters. The Morgan fingerprint density at radius 2 is 2.25 bits per heavy atom. The summed E-state index contributed by atoms with van der Waals surface area (Å²) in [6.45, 7) is 1.29. The van der Waals surface area contributed by atoms with Crippen molar-refractivity contribution in [3.05, 3.63) is 12.2 Å². The van der Waals surface area contributed by atoms with Crippen LogP contribution in [0.25, 0.3) is 0 Å². The summed E-state index contributed by atoms with van der Waals surface area (Å²) in [7, 11) is 0. The van der Waals surface area contributed by atoms with E-state index >= 15 is 0 Å². The molecule has 2 N–H and O–H groups in total.